The number of hydrogen-bond acceptors (Lipinski definition) is 14. The first-order valence-electron chi connectivity index (χ1n) is 16.0. The standard InChI is InChI=1S/C33H33Cl3N4O10S/c1-12-5-15-6-16-18(7-37)40-19-8-46-31(43)17(39-32(44)47-10-33(34,35)36)9-51-30(24(40)23(38-16)20(15)25(42)26(12)45-4)22-21(19)29-28(48-11-49-29)13(2)27(22)50-14(3)41/h5,16-19,23-24,30,38,42H,6,8-11H2,1-4H3,(H,39,44)/t16-,17-,18-,19-,23+,24+,30+/m0/s1. The van der Waals surface area contributed by atoms with Crippen LogP contribution in [0.1, 0.15) is 57.6 Å². The van der Waals surface area contributed by atoms with Crippen LogP contribution in [0.2, 0.25) is 0 Å². The number of alkyl carbamates (subject to hydrolysis) is 1. The lowest BCUT2D eigenvalue weighted by Crippen LogP contribution is -2.69. The van der Waals surface area contributed by atoms with E-state index >= 15 is 0 Å². The summed E-state index contributed by atoms with van der Waals surface area (Å²) in [6, 6.07) is 0.107. The molecule has 7 atom stereocenters. The van der Waals surface area contributed by atoms with Crippen LogP contribution in [0, 0.1) is 25.2 Å². The van der Waals surface area contributed by atoms with Gasteiger partial charge in [-0.2, -0.15) is 5.26 Å². The van der Waals surface area contributed by atoms with Crippen LogP contribution in [0.3, 0.4) is 0 Å². The number of thioether (sulfide) groups is 1. The summed E-state index contributed by atoms with van der Waals surface area (Å²) in [4.78, 5) is 41.1. The van der Waals surface area contributed by atoms with Crippen molar-refractivity contribution in [1.82, 2.24) is 15.5 Å². The molecule has 7 rings (SSSR count). The molecule has 0 aliphatic carbocycles. The lowest BCUT2D eigenvalue weighted by Gasteiger charge is -2.59. The lowest BCUT2D eigenvalue weighted by molar-refractivity contribution is -0.149. The average Bonchev–Trinajstić information content (AvgIpc) is 3.56. The molecular weight excluding hydrogens is 751 g/mol. The number of nitriles is 1. The van der Waals surface area contributed by atoms with Crippen LogP contribution in [0.25, 0.3) is 0 Å². The Morgan fingerprint density at radius 2 is 1.92 bits per heavy atom. The molecule has 0 unspecified atom stereocenters. The second kappa shape index (κ2) is 13.5. The van der Waals surface area contributed by atoms with Gasteiger partial charge in [0.2, 0.25) is 10.6 Å². The molecule has 0 spiro atoms. The van der Waals surface area contributed by atoms with Crippen molar-refractivity contribution in [3.63, 3.8) is 0 Å². The number of amides is 1. The minimum atomic E-state index is -1.88. The lowest BCUT2D eigenvalue weighted by atomic mass is 9.72. The van der Waals surface area contributed by atoms with Gasteiger partial charge >= 0.3 is 18.0 Å². The number of hydrogen-bond donors (Lipinski definition) is 3. The highest BCUT2D eigenvalue weighted by molar-refractivity contribution is 7.99. The molecule has 4 bridgehead atoms. The number of methoxy groups -OCH3 is 1. The van der Waals surface area contributed by atoms with Crippen molar-refractivity contribution in [2.24, 2.45) is 0 Å². The van der Waals surface area contributed by atoms with Gasteiger partial charge in [-0.15, -0.1) is 11.8 Å². The predicted molar refractivity (Wildman–Crippen MR) is 184 cm³/mol. The fraction of sp³-hybridized carbons (Fsp3) is 0.515. The quantitative estimate of drug-likeness (QED) is 0.227. The van der Waals surface area contributed by atoms with Crippen LogP contribution in [0.5, 0.6) is 28.7 Å². The third kappa shape index (κ3) is 6.13. The number of nitrogens with one attached hydrogen (secondary N) is 2. The van der Waals surface area contributed by atoms with E-state index in [2.05, 4.69) is 16.7 Å². The maximum atomic E-state index is 13.6. The normalized spacial score (nSPS) is 27.6. The molecule has 2 saturated heterocycles. The number of carbonyl (C=O) groups is 3. The number of aryl methyl sites for hydroxylation is 1. The van der Waals surface area contributed by atoms with Gasteiger partial charge in [-0.25, -0.2) is 9.59 Å². The number of piperazine rings is 1. The van der Waals surface area contributed by atoms with Gasteiger partial charge in [0.25, 0.3) is 0 Å². The van der Waals surface area contributed by atoms with E-state index in [1.807, 2.05) is 17.9 Å². The zero-order valence-electron chi connectivity index (χ0n) is 27.7. The van der Waals surface area contributed by atoms with Gasteiger partial charge in [0.15, 0.2) is 23.0 Å². The Labute approximate surface area is 311 Å². The number of cyclic esters (lactones) is 1. The van der Waals surface area contributed by atoms with Crippen LogP contribution >= 0.6 is 46.6 Å². The molecule has 5 heterocycles. The van der Waals surface area contributed by atoms with E-state index in [9.17, 15) is 24.8 Å². The van der Waals surface area contributed by atoms with Gasteiger partial charge in [-0.1, -0.05) is 40.9 Å². The molecular formula is C33H33Cl3N4O10S. The second-order valence-corrected chi connectivity index (χ2v) is 16.5. The van der Waals surface area contributed by atoms with Crippen LogP contribution in [-0.4, -0.2) is 88.9 Å². The van der Waals surface area contributed by atoms with E-state index in [-0.39, 0.29) is 36.7 Å². The largest absolute Gasteiger partial charge is 0.504 e. The molecule has 2 fully saturated rings. The Hall–Kier alpha value is -3.52. The number of ether oxygens (including phenoxy) is 6. The zero-order chi connectivity index (χ0) is 36.5. The van der Waals surface area contributed by atoms with Crippen molar-refractivity contribution in [3.05, 3.63) is 39.4 Å². The van der Waals surface area contributed by atoms with Gasteiger partial charge < -0.3 is 44.2 Å². The topological polar surface area (TPSA) is 178 Å². The first-order valence-corrected chi connectivity index (χ1v) is 18.2. The van der Waals surface area contributed by atoms with E-state index in [0.29, 0.717) is 45.9 Å². The molecule has 14 nitrogen and oxygen atoms in total. The van der Waals surface area contributed by atoms with Gasteiger partial charge in [0, 0.05) is 47.0 Å². The molecule has 2 aromatic rings. The van der Waals surface area contributed by atoms with Crippen molar-refractivity contribution < 1.29 is 47.9 Å². The zero-order valence-corrected chi connectivity index (χ0v) is 30.8. The Kier molecular flexibility index (Phi) is 9.47. The summed E-state index contributed by atoms with van der Waals surface area (Å²) in [5.74, 6) is -0.0637. The maximum absolute atomic E-state index is 13.6. The van der Waals surface area contributed by atoms with E-state index in [4.69, 9.17) is 63.2 Å². The number of alkyl halides is 3. The Morgan fingerprint density at radius 3 is 2.61 bits per heavy atom. The molecule has 0 aromatic heterocycles. The van der Waals surface area contributed by atoms with Crippen molar-refractivity contribution in [2.45, 2.75) is 72.5 Å². The number of rotatable bonds is 4. The van der Waals surface area contributed by atoms with E-state index in [1.54, 1.807) is 6.92 Å². The van der Waals surface area contributed by atoms with Crippen LogP contribution < -0.4 is 29.6 Å². The number of benzene rings is 2. The van der Waals surface area contributed by atoms with Crippen molar-refractivity contribution in [3.8, 4) is 34.8 Å². The van der Waals surface area contributed by atoms with E-state index in [1.165, 1.54) is 25.8 Å². The molecule has 3 N–H and O–H groups in total. The first kappa shape index (κ1) is 35.9. The summed E-state index contributed by atoms with van der Waals surface area (Å²) in [5, 5.41) is 28.1. The van der Waals surface area contributed by atoms with E-state index in [0.717, 1.165) is 11.1 Å². The fourth-order valence-electron chi connectivity index (χ4n) is 8.00. The van der Waals surface area contributed by atoms with Crippen LogP contribution in [0.15, 0.2) is 6.07 Å². The second-order valence-electron chi connectivity index (χ2n) is 12.8. The van der Waals surface area contributed by atoms with Crippen LogP contribution in [0.4, 0.5) is 4.79 Å². The number of phenolic OH excluding ortho intramolecular Hbond substituents is 1. The van der Waals surface area contributed by atoms with Gasteiger partial charge in [-0.3, -0.25) is 9.69 Å². The van der Waals surface area contributed by atoms with Gasteiger partial charge in [0.05, 0.1) is 30.5 Å². The smallest absolute Gasteiger partial charge is 0.408 e. The first-order chi connectivity index (χ1) is 24.2. The minimum Gasteiger partial charge on any atom is -0.504 e. The molecule has 5 aliphatic rings. The Bertz CT molecular complexity index is 1870. The number of fused-ring (bicyclic) bond motifs is 9. The Balaban J connectivity index is 1.43. The third-order valence-electron chi connectivity index (χ3n) is 9.81. The average molecular weight is 784 g/mol. The van der Waals surface area contributed by atoms with Crippen molar-refractivity contribution in [1.29, 1.82) is 5.26 Å². The van der Waals surface area contributed by atoms with Crippen molar-refractivity contribution in [2.75, 3.05) is 32.9 Å². The molecule has 0 saturated carbocycles. The monoisotopic (exact) mass is 782 g/mol. The summed E-state index contributed by atoms with van der Waals surface area (Å²) < 4.78 is 32.6. The SMILES string of the molecule is COc1c(C)cc2c(c1O)[C@H]1N[C@@H](C2)[C@H](C#N)N2[C@H]1[C@@H]1SC[C@H](NC(=O)OCC(Cl)(Cl)Cl)C(=O)OC[C@H]2c2c3c(c(C)c(OC(C)=O)c21)OCO3. The number of nitrogens with zero attached hydrogens (tertiary/aromatic N) is 2. The van der Waals surface area contributed by atoms with Gasteiger partial charge in [0.1, 0.15) is 31.0 Å². The highest BCUT2D eigenvalue weighted by Crippen LogP contribution is 2.62. The number of phenols is 1. The number of aromatic hydroxyl groups is 1. The summed E-state index contributed by atoms with van der Waals surface area (Å²) in [6.45, 7) is 3.95. The molecule has 51 heavy (non-hydrogen) atoms. The van der Waals surface area contributed by atoms with Gasteiger partial charge in [-0.05, 0) is 31.4 Å². The highest BCUT2D eigenvalue weighted by Gasteiger charge is 2.59. The molecule has 2 aromatic carbocycles. The predicted octanol–water partition coefficient (Wildman–Crippen LogP) is 4.35. The maximum Gasteiger partial charge on any atom is 0.408 e. The summed E-state index contributed by atoms with van der Waals surface area (Å²) in [5.41, 5.74) is 3.89. The molecule has 18 heteroatoms. The summed E-state index contributed by atoms with van der Waals surface area (Å²) in [7, 11) is 1.49. The number of halogens is 3. The Morgan fingerprint density at radius 1 is 1.18 bits per heavy atom. The summed E-state index contributed by atoms with van der Waals surface area (Å²) >= 11 is 18.5. The number of esters is 2. The number of carbonyl (C=O) groups excluding carboxylic acids is 3. The summed E-state index contributed by atoms with van der Waals surface area (Å²) in [6.07, 6.45) is -0.580. The minimum absolute atomic E-state index is 0.0262. The molecule has 1 amide bonds. The fourth-order valence-corrected chi connectivity index (χ4v) is 9.68. The third-order valence-corrected chi connectivity index (χ3v) is 11.5. The van der Waals surface area contributed by atoms with E-state index < -0.39 is 63.9 Å². The van der Waals surface area contributed by atoms with Crippen LogP contribution in [-0.2, 0) is 25.5 Å². The van der Waals surface area contributed by atoms with Crippen molar-refractivity contribution >= 4 is 64.6 Å². The molecule has 5 aliphatic heterocycles. The molecule has 272 valence electrons. The molecule has 0 radical (unpaired) electrons. The highest BCUT2D eigenvalue weighted by atomic mass is 35.6.